The maximum Gasteiger partial charge on any atom is 0.222 e. The van der Waals surface area contributed by atoms with Crippen molar-refractivity contribution in [1.29, 1.82) is 0 Å². The van der Waals surface area contributed by atoms with E-state index in [2.05, 4.69) is 10.3 Å². The molecular formula is C9H12ClN3OS. The van der Waals surface area contributed by atoms with Gasteiger partial charge in [0, 0.05) is 31.4 Å². The molecule has 0 spiro atoms. The molecule has 1 amide bonds. The van der Waals surface area contributed by atoms with Gasteiger partial charge in [0.1, 0.15) is 5.15 Å². The van der Waals surface area contributed by atoms with Crippen molar-refractivity contribution in [2.75, 3.05) is 18.9 Å². The second kappa shape index (κ2) is 4.37. The number of likely N-dealkylation sites (N-methyl/N-ethyl adjacent to an activating group) is 1. The number of aromatic nitrogens is 1. The molecule has 15 heavy (non-hydrogen) atoms. The molecule has 1 fully saturated rings. The van der Waals surface area contributed by atoms with Crippen molar-refractivity contribution >= 4 is 34.0 Å². The Morgan fingerprint density at radius 3 is 3.13 bits per heavy atom. The topological polar surface area (TPSA) is 45.2 Å². The minimum absolute atomic E-state index is 0.213. The highest BCUT2D eigenvalue weighted by atomic mass is 35.5. The second-order valence-electron chi connectivity index (χ2n) is 3.63. The molecule has 82 valence electrons. The number of halogens is 1. The van der Waals surface area contributed by atoms with Crippen LogP contribution in [0.4, 0.5) is 5.13 Å². The summed E-state index contributed by atoms with van der Waals surface area (Å²) in [7, 11) is 1.82. The minimum atomic E-state index is 0.213. The predicted octanol–water partition coefficient (Wildman–Crippen LogP) is 1.83. The maximum absolute atomic E-state index is 11.3. The van der Waals surface area contributed by atoms with Crippen LogP contribution in [0.2, 0.25) is 5.15 Å². The number of amides is 1. The Balaban J connectivity index is 1.93. The first-order chi connectivity index (χ1) is 7.15. The van der Waals surface area contributed by atoms with Crippen LogP contribution >= 0.6 is 22.9 Å². The van der Waals surface area contributed by atoms with Crippen LogP contribution in [-0.2, 0) is 4.79 Å². The van der Waals surface area contributed by atoms with Gasteiger partial charge in [-0.2, -0.15) is 0 Å². The fourth-order valence-corrected chi connectivity index (χ4v) is 2.54. The van der Waals surface area contributed by atoms with Crippen LogP contribution in [-0.4, -0.2) is 35.4 Å². The molecule has 2 rings (SSSR count). The number of piperidine rings is 1. The van der Waals surface area contributed by atoms with Gasteiger partial charge >= 0.3 is 0 Å². The molecule has 1 aromatic heterocycles. The summed E-state index contributed by atoms with van der Waals surface area (Å²) in [5.41, 5.74) is 0. The molecule has 1 aliphatic heterocycles. The first kappa shape index (κ1) is 10.7. The van der Waals surface area contributed by atoms with Crippen LogP contribution in [0.3, 0.4) is 0 Å². The van der Waals surface area contributed by atoms with Gasteiger partial charge in [0.25, 0.3) is 0 Å². The van der Waals surface area contributed by atoms with Gasteiger partial charge in [-0.3, -0.25) is 4.79 Å². The van der Waals surface area contributed by atoms with Crippen molar-refractivity contribution in [2.24, 2.45) is 0 Å². The van der Waals surface area contributed by atoms with Crippen LogP contribution < -0.4 is 5.32 Å². The van der Waals surface area contributed by atoms with Crippen LogP contribution in [0.25, 0.3) is 0 Å². The minimum Gasteiger partial charge on any atom is -0.357 e. The van der Waals surface area contributed by atoms with Crippen LogP contribution in [0.5, 0.6) is 0 Å². The van der Waals surface area contributed by atoms with Gasteiger partial charge < -0.3 is 10.2 Å². The largest absolute Gasteiger partial charge is 0.357 e. The lowest BCUT2D eigenvalue weighted by Gasteiger charge is -2.29. The van der Waals surface area contributed by atoms with Gasteiger partial charge in [0.2, 0.25) is 5.91 Å². The molecule has 1 aromatic rings. The average molecular weight is 246 g/mol. The van der Waals surface area contributed by atoms with Crippen LogP contribution in [0.15, 0.2) is 5.38 Å². The summed E-state index contributed by atoms with van der Waals surface area (Å²) in [5, 5.41) is 6.42. The molecule has 1 aliphatic rings. The van der Waals surface area contributed by atoms with E-state index in [1.54, 1.807) is 10.3 Å². The van der Waals surface area contributed by atoms with E-state index in [0.29, 0.717) is 11.6 Å². The van der Waals surface area contributed by atoms with Gasteiger partial charge in [-0.15, -0.1) is 11.3 Å². The third-order valence-electron chi connectivity index (χ3n) is 2.43. The summed E-state index contributed by atoms with van der Waals surface area (Å²) in [4.78, 5) is 17.1. The van der Waals surface area contributed by atoms with Crippen LogP contribution in [0, 0.1) is 0 Å². The number of thiazole rings is 1. The van der Waals surface area contributed by atoms with Crippen molar-refractivity contribution in [3.63, 3.8) is 0 Å². The number of carbonyl (C=O) groups excluding carboxylic acids is 1. The summed E-state index contributed by atoms with van der Waals surface area (Å²) in [6.07, 6.45) is 1.47. The highest BCUT2D eigenvalue weighted by Crippen LogP contribution is 2.22. The Morgan fingerprint density at radius 2 is 2.53 bits per heavy atom. The Labute approximate surface area is 97.2 Å². The van der Waals surface area contributed by atoms with E-state index < -0.39 is 0 Å². The molecule has 2 heterocycles. The highest BCUT2D eigenvalue weighted by molar-refractivity contribution is 7.14. The lowest BCUT2D eigenvalue weighted by atomic mass is 10.1. The Morgan fingerprint density at radius 1 is 1.73 bits per heavy atom. The van der Waals surface area contributed by atoms with Gasteiger partial charge in [-0.1, -0.05) is 11.6 Å². The van der Waals surface area contributed by atoms with Crippen LogP contribution in [0.1, 0.15) is 12.8 Å². The van der Waals surface area contributed by atoms with Crippen molar-refractivity contribution in [1.82, 2.24) is 9.88 Å². The third kappa shape index (κ3) is 2.60. The second-order valence-corrected chi connectivity index (χ2v) is 4.87. The van der Waals surface area contributed by atoms with E-state index in [4.69, 9.17) is 11.6 Å². The molecular weight excluding hydrogens is 234 g/mol. The van der Waals surface area contributed by atoms with Gasteiger partial charge in [-0.05, 0) is 6.42 Å². The summed E-state index contributed by atoms with van der Waals surface area (Å²) < 4.78 is 0. The zero-order chi connectivity index (χ0) is 10.8. The lowest BCUT2D eigenvalue weighted by molar-refractivity contribution is -0.132. The SMILES string of the molecule is CN1CC(Nc2nc(Cl)cs2)CCC1=O. The normalized spacial score (nSPS) is 21.9. The maximum atomic E-state index is 11.3. The summed E-state index contributed by atoms with van der Waals surface area (Å²) >= 11 is 7.21. The smallest absolute Gasteiger partial charge is 0.222 e. The molecule has 0 aromatic carbocycles. The number of nitrogens with one attached hydrogen (secondary N) is 1. The Hall–Kier alpha value is -0.810. The molecule has 1 N–H and O–H groups in total. The summed E-state index contributed by atoms with van der Waals surface area (Å²) in [6, 6.07) is 0.287. The zero-order valence-electron chi connectivity index (χ0n) is 8.36. The van der Waals surface area contributed by atoms with Gasteiger partial charge in [0.05, 0.1) is 0 Å². The number of anilines is 1. The monoisotopic (exact) mass is 245 g/mol. The fourth-order valence-electron chi connectivity index (χ4n) is 1.63. The molecule has 1 unspecified atom stereocenters. The molecule has 1 atom stereocenters. The Kier molecular flexibility index (Phi) is 3.11. The number of rotatable bonds is 2. The fraction of sp³-hybridized carbons (Fsp3) is 0.556. The first-order valence-corrected chi connectivity index (χ1v) is 6.02. The number of hydrogen-bond acceptors (Lipinski definition) is 4. The molecule has 6 heteroatoms. The molecule has 0 bridgehead atoms. The molecule has 4 nitrogen and oxygen atoms in total. The van der Waals surface area contributed by atoms with E-state index in [9.17, 15) is 4.79 Å². The lowest BCUT2D eigenvalue weighted by Crippen LogP contribution is -2.43. The van der Waals surface area contributed by atoms with E-state index in [1.807, 2.05) is 7.05 Å². The summed E-state index contributed by atoms with van der Waals surface area (Å²) in [5.74, 6) is 0.213. The summed E-state index contributed by atoms with van der Waals surface area (Å²) in [6.45, 7) is 0.732. The number of likely N-dealkylation sites (tertiary alicyclic amines) is 1. The number of hydrogen-bond donors (Lipinski definition) is 1. The predicted molar refractivity (Wildman–Crippen MR) is 61.4 cm³/mol. The molecule has 0 saturated carbocycles. The molecule has 0 radical (unpaired) electrons. The standard InChI is InChI=1S/C9H12ClN3OS/c1-13-4-6(2-3-8(13)14)11-9-12-7(10)5-15-9/h5-6H,2-4H2,1H3,(H,11,12). The molecule has 1 saturated heterocycles. The average Bonchev–Trinajstić information content (AvgIpc) is 2.58. The molecule has 0 aliphatic carbocycles. The van der Waals surface area contributed by atoms with Crippen molar-refractivity contribution < 1.29 is 4.79 Å². The first-order valence-electron chi connectivity index (χ1n) is 4.76. The van der Waals surface area contributed by atoms with E-state index in [-0.39, 0.29) is 11.9 Å². The van der Waals surface area contributed by atoms with E-state index in [0.717, 1.165) is 18.1 Å². The van der Waals surface area contributed by atoms with Gasteiger partial charge in [-0.25, -0.2) is 4.98 Å². The Bertz CT molecular complexity index is 368. The van der Waals surface area contributed by atoms with Gasteiger partial charge in [0.15, 0.2) is 5.13 Å². The zero-order valence-corrected chi connectivity index (χ0v) is 9.94. The number of carbonyl (C=O) groups is 1. The third-order valence-corrected chi connectivity index (χ3v) is 3.53. The quantitative estimate of drug-likeness (QED) is 0.865. The van der Waals surface area contributed by atoms with Crippen molar-refractivity contribution in [3.8, 4) is 0 Å². The van der Waals surface area contributed by atoms with E-state index in [1.165, 1.54) is 11.3 Å². The van der Waals surface area contributed by atoms with Crippen molar-refractivity contribution in [3.05, 3.63) is 10.5 Å². The van der Waals surface area contributed by atoms with Crippen molar-refractivity contribution in [2.45, 2.75) is 18.9 Å². The van der Waals surface area contributed by atoms with E-state index >= 15 is 0 Å². The highest BCUT2D eigenvalue weighted by Gasteiger charge is 2.23. The number of nitrogens with zero attached hydrogens (tertiary/aromatic N) is 2.